The summed E-state index contributed by atoms with van der Waals surface area (Å²) < 4.78 is 0. The number of nitrogen functional groups attached to an aromatic ring is 1. The number of nitrogens with zero attached hydrogens (tertiary/aromatic N) is 3. The van der Waals surface area contributed by atoms with E-state index < -0.39 is 0 Å². The van der Waals surface area contributed by atoms with E-state index in [4.69, 9.17) is 5.73 Å². The number of benzene rings is 1. The fraction of sp³-hybridized carbons (Fsp3) is 0.250. The molecule has 0 bridgehead atoms. The van der Waals surface area contributed by atoms with Crippen molar-refractivity contribution in [2.24, 2.45) is 0 Å². The smallest absolute Gasteiger partial charge is 0.278 e. The first-order valence-electron chi connectivity index (χ1n) is 7.54. The van der Waals surface area contributed by atoms with Gasteiger partial charge in [-0.2, -0.15) is 0 Å². The van der Waals surface area contributed by atoms with Crippen molar-refractivity contribution in [3.63, 3.8) is 0 Å². The van der Waals surface area contributed by atoms with Gasteiger partial charge >= 0.3 is 0 Å². The van der Waals surface area contributed by atoms with E-state index in [0.29, 0.717) is 5.69 Å². The minimum Gasteiger partial charge on any atom is -0.382 e. The van der Waals surface area contributed by atoms with E-state index in [1.165, 1.54) is 12.4 Å². The number of unbranched alkanes of at least 4 members (excludes halogenated alkanes) is 1. The summed E-state index contributed by atoms with van der Waals surface area (Å²) in [5.74, 6) is 0.679. The van der Waals surface area contributed by atoms with Gasteiger partial charge in [-0.15, -0.1) is 0 Å². The Labute approximate surface area is 133 Å². The van der Waals surface area contributed by atoms with Gasteiger partial charge in [0.15, 0.2) is 11.5 Å². The predicted octanol–water partition coefficient (Wildman–Crippen LogP) is 2.53. The van der Waals surface area contributed by atoms with Crippen LogP contribution >= 0.6 is 0 Å². The van der Waals surface area contributed by atoms with Crippen molar-refractivity contribution in [2.75, 3.05) is 11.1 Å². The number of carbonyl (C=O) groups is 1. The molecular formula is C16H18N6O. The van der Waals surface area contributed by atoms with E-state index in [9.17, 15) is 4.79 Å². The number of H-pyrrole nitrogens is 1. The minimum atomic E-state index is -0.388. The molecule has 3 aromatic rings. The molecule has 2 aromatic heterocycles. The lowest BCUT2D eigenvalue weighted by atomic mass is 10.2. The number of aryl methyl sites for hydroxylation is 1. The number of imidazole rings is 1. The van der Waals surface area contributed by atoms with E-state index in [1.54, 1.807) is 6.07 Å². The number of anilines is 2. The van der Waals surface area contributed by atoms with E-state index >= 15 is 0 Å². The van der Waals surface area contributed by atoms with Crippen molar-refractivity contribution < 1.29 is 4.79 Å². The zero-order chi connectivity index (χ0) is 16.2. The van der Waals surface area contributed by atoms with Gasteiger partial charge in [-0.25, -0.2) is 15.0 Å². The molecule has 4 N–H and O–H groups in total. The predicted molar refractivity (Wildman–Crippen MR) is 89.1 cm³/mol. The zero-order valence-electron chi connectivity index (χ0n) is 12.8. The molecule has 1 aromatic carbocycles. The maximum Gasteiger partial charge on any atom is 0.278 e. The van der Waals surface area contributed by atoms with Crippen LogP contribution in [0.4, 0.5) is 11.5 Å². The molecule has 2 heterocycles. The van der Waals surface area contributed by atoms with Crippen LogP contribution in [0.25, 0.3) is 11.0 Å². The third-order valence-corrected chi connectivity index (χ3v) is 3.50. The zero-order valence-corrected chi connectivity index (χ0v) is 12.8. The highest BCUT2D eigenvalue weighted by Crippen LogP contribution is 2.19. The number of carbonyl (C=O) groups excluding carboxylic acids is 1. The van der Waals surface area contributed by atoms with E-state index in [0.717, 1.165) is 36.1 Å². The van der Waals surface area contributed by atoms with Gasteiger partial charge in [0.2, 0.25) is 0 Å². The molecule has 0 aliphatic rings. The number of rotatable bonds is 5. The second-order valence-electron chi connectivity index (χ2n) is 5.26. The molecule has 0 saturated heterocycles. The molecule has 118 valence electrons. The standard InChI is InChI=1S/C16H18N6O/c1-2-3-4-13-21-11-6-5-10(9-12(11)22-13)20-16(23)14-15(17)19-8-7-18-14/h5-9H,2-4H2,1H3,(H2,17,19)(H,20,23)(H,21,22). The number of amides is 1. The van der Waals surface area contributed by atoms with Crippen molar-refractivity contribution in [1.29, 1.82) is 0 Å². The summed E-state index contributed by atoms with van der Waals surface area (Å²) >= 11 is 0. The Kier molecular flexibility index (Phi) is 4.18. The first kappa shape index (κ1) is 15.0. The third kappa shape index (κ3) is 3.28. The van der Waals surface area contributed by atoms with Crippen molar-refractivity contribution >= 4 is 28.4 Å². The summed E-state index contributed by atoms with van der Waals surface area (Å²) in [6, 6.07) is 5.52. The molecule has 7 nitrogen and oxygen atoms in total. The van der Waals surface area contributed by atoms with Crippen LogP contribution in [-0.2, 0) is 6.42 Å². The molecule has 0 radical (unpaired) electrons. The molecule has 0 aliphatic heterocycles. The molecule has 7 heteroatoms. The molecular weight excluding hydrogens is 292 g/mol. The molecule has 0 atom stereocenters. The van der Waals surface area contributed by atoms with Crippen molar-refractivity contribution in [2.45, 2.75) is 26.2 Å². The number of aromatic nitrogens is 4. The Balaban J connectivity index is 1.80. The Hall–Kier alpha value is -2.96. The summed E-state index contributed by atoms with van der Waals surface area (Å²) in [4.78, 5) is 27.8. The first-order valence-corrected chi connectivity index (χ1v) is 7.54. The lowest BCUT2D eigenvalue weighted by molar-refractivity contribution is 0.102. The van der Waals surface area contributed by atoms with Crippen LogP contribution < -0.4 is 11.1 Å². The summed E-state index contributed by atoms with van der Waals surface area (Å²) in [5.41, 5.74) is 8.20. The molecule has 3 rings (SSSR count). The highest BCUT2D eigenvalue weighted by Gasteiger charge is 2.13. The lowest BCUT2D eigenvalue weighted by Gasteiger charge is -2.05. The van der Waals surface area contributed by atoms with Gasteiger partial charge in [0, 0.05) is 24.5 Å². The average Bonchev–Trinajstić information content (AvgIpc) is 2.95. The van der Waals surface area contributed by atoms with Crippen LogP contribution in [0.15, 0.2) is 30.6 Å². The molecule has 1 amide bonds. The summed E-state index contributed by atoms with van der Waals surface area (Å²) in [6.07, 6.45) is 6.01. The van der Waals surface area contributed by atoms with Crippen LogP contribution in [0.3, 0.4) is 0 Å². The number of nitrogens with two attached hydrogens (primary N) is 1. The van der Waals surface area contributed by atoms with Gasteiger partial charge in [0.05, 0.1) is 11.0 Å². The van der Waals surface area contributed by atoms with Gasteiger partial charge in [0.25, 0.3) is 5.91 Å². The molecule has 0 aliphatic carbocycles. The van der Waals surface area contributed by atoms with Gasteiger partial charge in [-0.05, 0) is 24.6 Å². The Morgan fingerprint density at radius 1 is 1.30 bits per heavy atom. The molecule has 23 heavy (non-hydrogen) atoms. The SMILES string of the molecule is CCCCc1nc2ccc(NC(=O)c3nccnc3N)cc2[nH]1. The van der Waals surface area contributed by atoms with Crippen LogP contribution in [-0.4, -0.2) is 25.8 Å². The number of hydrogen-bond acceptors (Lipinski definition) is 5. The van der Waals surface area contributed by atoms with Crippen LogP contribution in [0, 0.1) is 0 Å². The maximum atomic E-state index is 12.2. The first-order chi connectivity index (χ1) is 11.2. The van der Waals surface area contributed by atoms with E-state index in [-0.39, 0.29) is 17.4 Å². The minimum absolute atomic E-state index is 0.106. The summed E-state index contributed by atoms with van der Waals surface area (Å²) in [5, 5.41) is 2.77. The summed E-state index contributed by atoms with van der Waals surface area (Å²) in [7, 11) is 0. The highest BCUT2D eigenvalue weighted by atomic mass is 16.1. The average molecular weight is 310 g/mol. The largest absolute Gasteiger partial charge is 0.382 e. The third-order valence-electron chi connectivity index (χ3n) is 3.50. The lowest BCUT2D eigenvalue weighted by Crippen LogP contribution is -2.16. The van der Waals surface area contributed by atoms with Crippen molar-refractivity contribution in [1.82, 2.24) is 19.9 Å². The molecule has 0 spiro atoms. The highest BCUT2D eigenvalue weighted by molar-refractivity contribution is 6.06. The monoisotopic (exact) mass is 310 g/mol. The maximum absolute atomic E-state index is 12.2. The Morgan fingerprint density at radius 3 is 2.91 bits per heavy atom. The summed E-state index contributed by atoms with van der Waals surface area (Å²) in [6.45, 7) is 2.15. The van der Waals surface area contributed by atoms with Crippen LogP contribution in [0.2, 0.25) is 0 Å². The van der Waals surface area contributed by atoms with Crippen LogP contribution in [0.5, 0.6) is 0 Å². The van der Waals surface area contributed by atoms with Gasteiger partial charge < -0.3 is 16.0 Å². The number of hydrogen-bond donors (Lipinski definition) is 3. The van der Waals surface area contributed by atoms with Gasteiger partial charge in [-0.3, -0.25) is 4.79 Å². The second kappa shape index (κ2) is 6.43. The van der Waals surface area contributed by atoms with Crippen LogP contribution in [0.1, 0.15) is 36.1 Å². The quantitative estimate of drug-likeness (QED) is 0.671. The Morgan fingerprint density at radius 2 is 2.13 bits per heavy atom. The topological polar surface area (TPSA) is 110 Å². The normalized spacial score (nSPS) is 10.8. The van der Waals surface area contributed by atoms with Crippen molar-refractivity contribution in [3.8, 4) is 0 Å². The fourth-order valence-corrected chi connectivity index (χ4v) is 2.32. The van der Waals surface area contributed by atoms with Gasteiger partial charge in [0.1, 0.15) is 5.82 Å². The second-order valence-corrected chi connectivity index (χ2v) is 5.26. The number of fused-ring (bicyclic) bond motifs is 1. The van der Waals surface area contributed by atoms with E-state index in [1.807, 2.05) is 12.1 Å². The number of aromatic amines is 1. The number of nitrogens with one attached hydrogen (secondary N) is 2. The van der Waals surface area contributed by atoms with Crippen molar-refractivity contribution in [3.05, 3.63) is 42.1 Å². The molecule has 0 unspecified atom stereocenters. The molecule has 0 fully saturated rings. The van der Waals surface area contributed by atoms with Gasteiger partial charge in [-0.1, -0.05) is 13.3 Å². The van der Waals surface area contributed by atoms with E-state index in [2.05, 4.69) is 32.2 Å². The fourth-order valence-electron chi connectivity index (χ4n) is 2.32. The molecule has 0 saturated carbocycles. The Bertz CT molecular complexity index is 841.